The molecule has 0 aliphatic heterocycles. The van der Waals surface area contributed by atoms with Crippen LogP contribution in [0, 0.1) is 15.9 Å². The fraction of sp³-hybridized carbons (Fsp3) is 0.222. The predicted molar refractivity (Wildman–Crippen MR) is 48.1 cm³/mol. The topological polar surface area (TPSA) is 60.2 Å². The lowest BCUT2D eigenvalue weighted by Crippen LogP contribution is -2.14. The highest BCUT2D eigenvalue weighted by Crippen LogP contribution is 2.35. The smallest absolute Gasteiger partial charge is 0.294 e. The zero-order valence-electron chi connectivity index (χ0n) is 8.34. The average molecular weight is 251 g/mol. The lowest BCUT2D eigenvalue weighted by Gasteiger charge is -2.11. The first-order chi connectivity index (χ1) is 7.64. The van der Waals surface area contributed by atoms with Crippen molar-refractivity contribution in [2.24, 2.45) is 0 Å². The van der Waals surface area contributed by atoms with Crippen molar-refractivity contribution >= 4 is 11.5 Å². The molecule has 0 spiro atoms. The van der Waals surface area contributed by atoms with Crippen LogP contribution >= 0.6 is 0 Å². The minimum Gasteiger partial charge on any atom is -0.294 e. The van der Waals surface area contributed by atoms with Crippen LogP contribution in [0.2, 0.25) is 0 Å². The highest BCUT2D eigenvalue weighted by molar-refractivity contribution is 5.96. The molecule has 1 aromatic carbocycles. The molecule has 0 atom stereocenters. The third kappa shape index (κ3) is 2.58. The van der Waals surface area contributed by atoms with Crippen LogP contribution in [0.1, 0.15) is 22.8 Å². The van der Waals surface area contributed by atoms with Gasteiger partial charge in [0, 0.05) is 6.07 Å². The van der Waals surface area contributed by atoms with E-state index in [1.807, 2.05) is 0 Å². The van der Waals surface area contributed by atoms with Crippen molar-refractivity contribution in [2.75, 3.05) is 0 Å². The number of alkyl halides is 3. The molecule has 4 nitrogen and oxygen atoms in total. The van der Waals surface area contributed by atoms with Gasteiger partial charge in [0.05, 0.1) is 22.1 Å². The van der Waals surface area contributed by atoms with Crippen LogP contribution in [0.5, 0.6) is 0 Å². The molecule has 8 heteroatoms. The molecule has 0 bridgehead atoms. The van der Waals surface area contributed by atoms with Gasteiger partial charge >= 0.3 is 6.18 Å². The first-order valence-corrected chi connectivity index (χ1v) is 4.20. The summed E-state index contributed by atoms with van der Waals surface area (Å²) in [6.07, 6.45) is -5.03. The Morgan fingerprint density at radius 1 is 1.35 bits per heavy atom. The number of hydrogen-bond donors (Lipinski definition) is 0. The van der Waals surface area contributed by atoms with Gasteiger partial charge in [-0.1, -0.05) is 0 Å². The van der Waals surface area contributed by atoms with E-state index in [1.54, 1.807) is 0 Å². The molecule has 0 fully saturated rings. The lowest BCUT2D eigenvalue weighted by atomic mass is 10.0. The van der Waals surface area contributed by atoms with Gasteiger partial charge in [-0.3, -0.25) is 14.9 Å². The summed E-state index contributed by atoms with van der Waals surface area (Å²) >= 11 is 0. The summed E-state index contributed by atoms with van der Waals surface area (Å²) in [6, 6.07) is 0.422. The largest absolute Gasteiger partial charge is 0.417 e. The summed E-state index contributed by atoms with van der Waals surface area (Å²) < 4.78 is 50.7. The summed E-state index contributed by atoms with van der Waals surface area (Å²) in [4.78, 5) is 20.0. The highest BCUT2D eigenvalue weighted by Gasteiger charge is 2.38. The maximum absolute atomic E-state index is 13.2. The Labute approximate surface area is 92.0 Å². The number of carbonyl (C=O) groups excluding carboxylic acids is 1. The third-order valence-corrected chi connectivity index (χ3v) is 1.94. The number of nitro benzene ring substituents is 1. The Hall–Kier alpha value is -1.99. The number of non-ortho nitro benzene ring substituents is 1. The van der Waals surface area contributed by atoms with E-state index in [4.69, 9.17) is 0 Å². The molecule has 92 valence electrons. The number of halogens is 4. The van der Waals surface area contributed by atoms with Gasteiger partial charge in [0.25, 0.3) is 5.69 Å². The van der Waals surface area contributed by atoms with Gasteiger partial charge in [-0.05, 0) is 6.92 Å². The Morgan fingerprint density at radius 3 is 2.24 bits per heavy atom. The Kier molecular flexibility index (Phi) is 3.16. The second-order valence-electron chi connectivity index (χ2n) is 3.16. The molecule has 0 unspecified atom stereocenters. The van der Waals surface area contributed by atoms with E-state index in [9.17, 15) is 32.5 Å². The number of nitrogens with zero attached hydrogens (tertiary/aromatic N) is 1. The zero-order valence-corrected chi connectivity index (χ0v) is 8.34. The standard InChI is InChI=1S/C9H5F4NO3/c1-4(15)8-6(9(11,12)13)2-5(14(16)17)3-7(8)10/h2-3H,1H3. The summed E-state index contributed by atoms with van der Waals surface area (Å²) in [5.41, 5.74) is -3.89. The van der Waals surface area contributed by atoms with E-state index >= 15 is 0 Å². The van der Waals surface area contributed by atoms with E-state index in [-0.39, 0.29) is 12.1 Å². The summed E-state index contributed by atoms with van der Waals surface area (Å²) in [5, 5.41) is 10.3. The Bertz CT molecular complexity index is 496. The van der Waals surface area contributed by atoms with E-state index in [2.05, 4.69) is 0 Å². The van der Waals surface area contributed by atoms with Crippen molar-refractivity contribution in [1.29, 1.82) is 0 Å². The molecule has 0 aliphatic rings. The number of carbonyl (C=O) groups is 1. The van der Waals surface area contributed by atoms with Gasteiger partial charge in [0.1, 0.15) is 5.82 Å². The molecule has 0 N–H and O–H groups in total. The predicted octanol–water partition coefficient (Wildman–Crippen LogP) is 2.96. The monoisotopic (exact) mass is 251 g/mol. The van der Waals surface area contributed by atoms with Crippen molar-refractivity contribution in [1.82, 2.24) is 0 Å². The molecule has 0 saturated heterocycles. The number of ketones is 1. The van der Waals surface area contributed by atoms with Crippen LogP contribution in [0.4, 0.5) is 23.2 Å². The SMILES string of the molecule is CC(=O)c1c(F)cc([N+](=O)[O-])cc1C(F)(F)F. The Morgan fingerprint density at radius 2 is 1.88 bits per heavy atom. The maximum Gasteiger partial charge on any atom is 0.417 e. The molecule has 0 amide bonds. The van der Waals surface area contributed by atoms with Crippen LogP contribution in [-0.4, -0.2) is 10.7 Å². The van der Waals surface area contributed by atoms with Gasteiger partial charge in [0.2, 0.25) is 0 Å². The summed E-state index contributed by atoms with van der Waals surface area (Å²) in [7, 11) is 0. The molecular weight excluding hydrogens is 246 g/mol. The van der Waals surface area contributed by atoms with Gasteiger partial charge in [-0.15, -0.1) is 0 Å². The number of nitro groups is 1. The lowest BCUT2D eigenvalue weighted by molar-refractivity contribution is -0.385. The van der Waals surface area contributed by atoms with E-state index in [0.29, 0.717) is 0 Å². The summed E-state index contributed by atoms with van der Waals surface area (Å²) in [6.45, 7) is 0.749. The highest BCUT2D eigenvalue weighted by atomic mass is 19.4. The van der Waals surface area contributed by atoms with Gasteiger partial charge < -0.3 is 0 Å². The van der Waals surface area contributed by atoms with E-state index < -0.39 is 39.5 Å². The first-order valence-electron chi connectivity index (χ1n) is 4.20. The molecule has 1 rings (SSSR count). The number of rotatable bonds is 2. The van der Waals surface area contributed by atoms with Crippen molar-refractivity contribution in [3.63, 3.8) is 0 Å². The van der Waals surface area contributed by atoms with Crippen LogP contribution in [0.3, 0.4) is 0 Å². The van der Waals surface area contributed by atoms with Gasteiger partial charge in [-0.2, -0.15) is 13.2 Å². The van der Waals surface area contributed by atoms with Crippen molar-refractivity contribution in [3.8, 4) is 0 Å². The first kappa shape index (κ1) is 13.1. The average Bonchev–Trinajstić information content (AvgIpc) is 2.14. The summed E-state index contributed by atoms with van der Waals surface area (Å²) in [5.74, 6) is -2.70. The molecule has 1 aromatic rings. The molecular formula is C9H5F4NO3. The van der Waals surface area contributed by atoms with Crippen LogP contribution in [-0.2, 0) is 6.18 Å². The maximum atomic E-state index is 13.2. The van der Waals surface area contributed by atoms with Crippen molar-refractivity contribution in [2.45, 2.75) is 13.1 Å². The van der Waals surface area contributed by atoms with Crippen LogP contribution in [0.25, 0.3) is 0 Å². The van der Waals surface area contributed by atoms with E-state index in [1.165, 1.54) is 0 Å². The molecule has 0 radical (unpaired) electrons. The minimum absolute atomic E-state index is 0.139. The molecule has 17 heavy (non-hydrogen) atoms. The quantitative estimate of drug-likeness (QED) is 0.351. The van der Waals surface area contributed by atoms with Crippen LogP contribution < -0.4 is 0 Å². The van der Waals surface area contributed by atoms with Crippen molar-refractivity contribution in [3.05, 3.63) is 39.2 Å². The molecule has 0 saturated carbocycles. The fourth-order valence-corrected chi connectivity index (χ4v) is 1.28. The van der Waals surface area contributed by atoms with Crippen LogP contribution in [0.15, 0.2) is 12.1 Å². The van der Waals surface area contributed by atoms with E-state index in [0.717, 1.165) is 6.92 Å². The fourth-order valence-electron chi connectivity index (χ4n) is 1.28. The molecule has 0 aliphatic carbocycles. The Balaban J connectivity index is 3.62. The van der Waals surface area contributed by atoms with Gasteiger partial charge in [-0.25, -0.2) is 4.39 Å². The third-order valence-electron chi connectivity index (χ3n) is 1.94. The molecule has 0 aromatic heterocycles. The second kappa shape index (κ2) is 4.11. The van der Waals surface area contributed by atoms with Crippen molar-refractivity contribution < 1.29 is 27.3 Å². The number of benzene rings is 1. The number of Topliss-reactive ketones (excluding diaryl/α,β-unsaturated/α-hetero) is 1. The second-order valence-corrected chi connectivity index (χ2v) is 3.16. The van der Waals surface area contributed by atoms with Gasteiger partial charge in [0.15, 0.2) is 5.78 Å². The molecule has 0 heterocycles. The normalized spacial score (nSPS) is 11.4. The zero-order chi connectivity index (χ0) is 13.4. The minimum atomic E-state index is -5.03. The number of hydrogen-bond acceptors (Lipinski definition) is 3.